The van der Waals surface area contributed by atoms with Gasteiger partial charge in [-0.05, 0) is 127 Å². The van der Waals surface area contributed by atoms with Gasteiger partial charge in [0.05, 0.1) is 28.2 Å². The fourth-order valence-corrected chi connectivity index (χ4v) is 11.3. The molecule has 2 aliphatic rings. The minimum Gasteiger partial charge on any atom is -0.457 e. The summed E-state index contributed by atoms with van der Waals surface area (Å²) in [5.41, 5.74) is 20.2. The van der Waals surface area contributed by atoms with E-state index in [9.17, 15) is 0 Å². The van der Waals surface area contributed by atoms with Crippen molar-refractivity contribution in [3.05, 3.63) is 270 Å². The van der Waals surface area contributed by atoms with Crippen LogP contribution in [0, 0.1) is 0 Å². The average Bonchev–Trinajstić information content (AvgIpc) is 3.96. The second-order valence-electron chi connectivity index (χ2n) is 21.6. The summed E-state index contributed by atoms with van der Waals surface area (Å²) >= 11 is 0. The number of fused-ring (bicyclic) bond motifs is 4. The highest BCUT2D eigenvalue weighted by Crippen LogP contribution is 2.58. The minimum atomic E-state index is -0.662. The molecule has 356 valence electrons. The lowest BCUT2D eigenvalue weighted by molar-refractivity contribution is 0.481. The molecule has 0 saturated heterocycles. The number of hydrogen-bond donors (Lipinski definition) is 0. The molecule has 0 radical (unpaired) electrons. The fraction of sp³-hybridized carbons (Fsp3) is 0.145. The molecule has 4 nitrogen and oxygen atoms in total. The number of pyridine rings is 1. The molecule has 0 bridgehead atoms. The van der Waals surface area contributed by atoms with Crippen LogP contribution in [0.15, 0.2) is 237 Å². The second-order valence-corrected chi connectivity index (χ2v) is 21.6. The molecule has 73 heavy (non-hydrogen) atoms. The SMILES string of the molecule is CC(C)(C)c1ccnc(-c2cccc(Oc3cc(N4CN(c5c(-c6ccccc6)cc(C(C)(C)C)cc5-c5ccccc5)c5ccccc54)cc(C4(c5ccccc5)c5ccccc5-c5ccccc54)c3)c2)c1. The van der Waals surface area contributed by atoms with E-state index in [-0.39, 0.29) is 10.8 Å². The third-order valence-corrected chi connectivity index (χ3v) is 14.9. The Morgan fingerprint density at radius 3 is 1.55 bits per heavy atom. The maximum atomic E-state index is 7.23. The number of benzene rings is 9. The zero-order valence-electron chi connectivity index (χ0n) is 42.5. The van der Waals surface area contributed by atoms with Crippen molar-refractivity contribution >= 4 is 22.7 Å². The zero-order valence-corrected chi connectivity index (χ0v) is 42.5. The molecule has 4 heteroatoms. The van der Waals surface area contributed by atoms with E-state index in [1.807, 2.05) is 6.20 Å². The lowest BCUT2D eigenvalue weighted by Crippen LogP contribution is -2.29. The van der Waals surface area contributed by atoms with Crippen molar-refractivity contribution in [1.29, 1.82) is 0 Å². The molecular formula is C69H59N3O. The molecular weight excluding hydrogens is 887 g/mol. The lowest BCUT2D eigenvalue weighted by Gasteiger charge is -2.35. The monoisotopic (exact) mass is 945 g/mol. The molecule has 0 spiro atoms. The Morgan fingerprint density at radius 1 is 0.411 bits per heavy atom. The zero-order chi connectivity index (χ0) is 49.9. The quantitative estimate of drug-likeness (QED) is 0.144. The number of nitrogens with zero attached hydrogens (tertiary/aromatic N) is 3. The van der Waals surface area contributed by atoms with E-state index in [2.05, 4.69) is 282 Å². The summed E-state index contributed by atoms with van der Waals surface area (Å²) in [6, 6.07) is 84.1. The van der Waals surface area contributed by atoms with Crippen LogP contribution in [-0.2, 0) is 16.2 Å². The van der Waals surface area contributed by atoms with Crippen LogP contribution in [-0.4, -0.2) is 11.7 Å². The van der Waals surface area contributed by atoms with E-state index in [0.29, 0.717) is 6.67 Å². The summed E-state index contributed by atoms with van der Waals surface area (Å²) in [7, 11) is 0. The van der Waals surface area contributed by atoms with Gasteiger partial charge in [-0.25, -0.2) is 0 Å². The number of aromatic nitrogens is 1. The maximum absolute atomic E-state index is 7.23. The van der Waals surface area contributed by atoms with Crippen molar-refractivity contribution in [3.63, 3.8) is 0 Å². The van der Waals surface area contributed by atoms with Crippen molar-refractivity contribution in [2.75, 3.05) is 16.5 Å². The van der Waals surface area contributed by atoms with Gasteiger partial charge in [-0.2, -0.15) is 0 Å². The molecule has 0 atom stereocenters. The Balaban J connectivity index is 1.08. The summed E-state index contributed by atoms with van der Waals surface area (Å²) in [4.78, 5) is 9.86. The first kappa shape index (κ1) is 45.7. The van der Waals surface area contributed by atoms with Gasteiger partial charge in [0.15, 0.2) is 0 Å². The Morgan fingerprint density at radius 2 is 0.945 bits per heavy atom. The largest absolute Gasteiger partial charge is 0.457 e. The molecule has 0 saturated carbocycles. The molecule has 9 aromatic carbocycles. The highest BCUT2D eigenvalue weighted by Gasteiger charge is 2.47. The average molecular weight is 946 g/mol. The fourth-order valence-electron chi connectivity index (χ4n) is 11.3. The molecule has 1 aliphatic heterocycles. The molecule has 0 amide bonds. The number of rotatable bonds is 9. The third kappa shape index (κ3) is 8.08. The van der Waals surface area contributed by atoms with E-state index in [4.69, 9.17) is 9.72 Å². The van der Waals surface area contributed by atoms with Gasteiger partial charge in [0.2, 0.25) is 0 Å². The Labute approximate surface area is 430 Å². The van der Waals surface area contributed by atoms with Crippen molar-refractivity contribution in [3.8, 4) is 56.1 Å². The van der Waals surface area contributed by atoms with Crippen molar-refractivity contribution < 1.29 is 4.74 Å². The first-order chi connectivity index (χ1) is 35.4. The summed E-state index contributed by atoms with van der Waals surface area (Å²) in [6.45, 7) is 14.2. The maximum Gasteiger partial charge on any atom is 0.129 e. The predicted octanol–water partition coefficient (Wildman–Crippen LogP) is 18.1. The first-order valence-electron chi connectivity index (χ1n) is 25.5. The molecule has 12 rings (SSSR count). The van der Waals surface area contributed by atoms with E-state index < -0.39 is 5.41 Å². The van der Waals surface area contributed by atoms with E-state index in [1.165, 1.54) is 66.9 Å². The smallest absolute Gasteiger partial charge is 0.129 e. The van der Waals surface area contributed by atoms with E-state index in [1.54, 1.807) is 0 Å². The standard InChI is InChI=1S/C69H59N3O/c1-67(2,3)51-37-38-70-63(44-51)49-27-22-30-55(39-49)73-56-41-53(69(50-28-14-9-15-29-50)61-33-18-16-31-57(61)58-32-17-19-34-62(58)69)40-54(45-56)71-46-72(65-36-21-20-35-64(65)71)66-59(47-23-10-7-11-24-47)42-52(68(4,5)6)43-60(66)48-25-12-8-13-26-48/h7-45H,46H2,1-6H3. The minimum absolute atomic E-state index is 0.0132. The van der Waals surface area contributed by atoms with Crippen LogP contribution in [0.1, 0.15) is 74.9 Å². The predicted molar refractivity (Wildman–Crippen MR) is 304 cm³/mol. The number of para-hydroxylation sites is 2. The summed E-state index contributed by atoms with van der Waals surface area (Å²) in [5.74, 6) is 1.49. The summed E-state index contributed by atoms with van der Waals surface area (Å²) < 4.78 is 7.23. The lowest BCUT2D eigenvalue weighted by atomic mass is 9.67. The van der Waals surface area contributed by atoms with Gasteiger partial charge in [0, 0.05) is 34.6 Å². The normalized spacial score (nSPS) is 13.6. The topological polar surface area (TPSA) is 28.6 Å². The summed E-state index contributed by atoms with van der Waals surface area (Å²) in [6.07, 6.45) is 1.92. The van der Waals surface area contributed by atoms with Gasteiger partial charge in [0.1, 0.15) is 18.2 Å². The molecule has 0 N–H and O–H groups in total. The van der Waals surface area contributed by atoms with Crippen LogP contribution >= 0.6 is 0 Å². The van der Waals surface area contributed by atoms with Crippen LogP contribution in [0.4, 0.5) is 22.7 Å². The van der Waals surface area contributed by atoms with Crippen LogP contribution in [0.5, 0.6) is 11.5 Å². The molecule has 10 aromatic rings. The molecule has 0 unspecified atom stereocenters. The van der Waals surface area contributed by atoms with Crippen molar-refractivity contribution in [2.24, 2.45) is 0 Å². The van der Waals surface area contributed by atoms with Crippen LogP contribution < -0.4 is 14.5 Å². The molecule has 1 aromatic heterocycles. The van der Waals surface area contributed by atoms with Crippen molar-refractivity contribution in [2.45, 2.75) is 57.8 Å². The molecule has 0 fully saturated rings. The Bertz CT molecular complexity index is 3560. The summed E-state index contributed by atoms with van der Waals surface area (Å²) in [5, 5.41) is 0. The van der Waals surface area contributed by atoms with Gasteiger partial charge in [-0.3, -0.25) is 4.98 Å². The highest BCUT2D eigenvalue weighted by atomic mass is 16.5. The van der Waals surface area contributed by atoms with Crippen LogP contribution in [0.3, 0.4) is 0 Å². The number of hydrogen-bond acceptors (Lipinski definition) is 4. The Kier molecular flexibility index (Phi) is 11.2. The first-order valence-corrected chi connectivity index (χ1v) is 25.5. The Hall–Kier alpha value is -8.47. The number of anilines is 4. The van der Waals surface area contributed by atoms with Gasteiger partial charge >= 0.3 is 0 Å². The van der Waals surface area contributed by atoms with Gasteiger partial charge in [-0.15, -0.1) is 0 Å². The van der Waals surface area contributed by atoms with Crippen LogP contribution in [0.25, 0.3) is 44.6 Å². The van der Waals surface area contributed by atoms with Crippen LogP contribution in [0.2, 0.25) is 0 Å². The molecule has 1 aliphatic carbocycles. The van der Waals surface area contributed by atoms with E-state index in [0.717, 1.165) is 45.4 Å². The van der Waals surface area contributed by atoms with E-state index >= 15 is 0 Å². The molecule has 2 heterocycles. The number of ether oxygens (including phenoxy) is 1. The van der Waals surface area contributed by atoms with Crippen molar-refractivity contribution in [1.82, 2.24) is 4.98 Å². The second kappa shape index (κ2) is 18.0. The highest BCUT2D eigenvalue weighted by molar-refractivity contribution is 5.99. The van der Waals surface area contributed by atoms with Gasteiger partial charge < -0.3 is 14.5 Å². The third-order valence-electron chi connectivity index (χ3n) is 14.9. The van der Waals surface area contributed by atoms with Gasteiger partial charge in [0.25, 0.3) is 0 Å². The van der Waals surface area contributed by atoms with Gasteiger partial charge in [-0.1, -0.05) is 205 Å².